The van der Waals surface area contributed by atoms with Crippen LogP contribution in [0.5, 0.6) is 0 Å². The van der Waals surface area contributed by atoms with E-state index in [9.17, 15) is 22.8 Å². The molecule has 1 saturated heterocycles. The van der Waals surface area contributed by atoms with Crippen LogP contribution in [0, 0.1) is 5.92 Å². The van der Waals surface area contributed by atoms with Crippen LogP contribution in [0.25, 0.3) is 0 Å². The van der Waals surface area contributed by atoms with Crippen molar-refractivity contribution in [2.75, 3.05) is 26.4 Å². The average Bonchev–Trinajstić information content (AvgIpc) is 3.29. The van der Waals surface area contributed by atoms with Gasteiger partial charge in [0.15, 0.2) is 6.73 Å². The second-order valence-corrected chi connectivity index (χ2v) is 8.40. The molecule has 11 heteroatoms. The minimum atomic E-state index is -4.53. The first-order valence-corrected chi connectivity index (χ1v) is 10.7. The van der Waals surface area contributed by atoms with E-state index in [0.29, 0.717) is 18.7 Å². The highest BCUT2D eigenvalue weighted by Gasteiger charge is 2.36. The smallest absolute Gasteiger partial charge is 0.349 e. The van der Waals surface area contributed by atoms with Crippen molar-refractivity contribution in [2.24, 2.45) is 10.9 Å². The summed E-state index contributed by atoms with van der Waals surface area (Å²) in [6.07, 6.45) is -0.291. The van der Waals surface area contributed by atoms with E-state index in [4.69, 9.17) is 4.84 Å². The maximum absolute atomic E-state index is 12.8. The minimum absolute atomic E-state index is 0.0138. The normalized spacial score (nSPS) is 24.3. The van der Waals surface area contributed by atoms with Crippen LogP contribution in [0.1, 0.15) is 41.6 Å². The predicted octanol–water partition coefficient (Wildman–Crippen LogP) is 1.69. The van der Waals surface area contributed by atoms with E-state index >= 15 is 0 Å². The Labute approximate surface area is 183 Å². The number of carbonyl (C=O) groups is 2. The molecule has 1 aromatic rings. The summed E-state index contributed by atoms with van der Waals surface area (Å²) in [6.45, 7) is 1.60. The predicted molar refractivity (Wildman–Crippen MR) is 110 cm³/mol. The van der Waals surface area contributed by atoms with Crippen molar-refractivity contribution in [3.63, 3.8) is 0 Å². The summed E-state index contributed by atoms with van der Waals surface area (Å²) in [5, 5.41) is 5.24. The quantitative estimate of drug-likeness (QED) is 0.610. The zero-order valence-electron chi connectivity index (χ0n) is 17.5. The molecule has 1 aliphatic carbocycles. The summed E-state index contributed by atoms with van der Waals surface area (Å²) in [4.78, 5) is 36.0. The van der Waals surface area contributed by atoms with Gasteiger partial charge in [0, 0.05) is 30.6 Å². The molecule has 0 unspecified atom stereocenters. The fraction of sp³-hybridized carbons (Fsp3) is 0.571. The van der Waals surface area contributed by atoms with E-state index in [0.717, 1.165) is 56.7 Å². The Morgan fingerprint density at radius 2 is 1.94 bits per heavy atom. The first-order chi connectivity index (χ1) is 15.3. The van der Waals surface area contributed by atoms with Gasteiger partial charge in [0.1, 0.15) is 5.84 Å². The lowest BCUT2D eigenvalue weighted by Gasteiger charge is -2.46. The zero-order chi connectivity index (χ0) is 22.7. The lowest BCUT2D eigenvalue weighted by Crippen LogP contribution is -2.63. The van der Waals surface area contributed by atoms with Crippen molar-refractivity contribution < 1.29 is 27.6 Å². The number of hydrogen-bond donors (Lipinski definition) is 3. The maximum Gasteiger partial charge on any atom is 0.416 e. The molecule has 0 atom stereocenters. The number of alkyl halides is 3. The molecular formula is C21H26F3N5O3. The third kappa shape index (κ3) is 5.39. The number of likely N-dealkylation sites (tertiary alicyclic amines) is 1. The third-order valence-corrected chi connectivity index (χ3v) is 6.21. The number of nitrogens with one attached hydrogen (secondary N) is 3. The molecule has 4 rings (SSSR count). The lowest BCUT2D eigenvalue weighted by atomic mass is 9.83. The Kier molecular flexibility index (Phi) is 6.66. The van der Waals surface area contributed by atoms with Gasteiger partial charge in [-0.3, -0.25) is 24.8 Å². The molecule has 0 bridgehead atoms. The second kappa shape index (κ2) is 9.45. The van der Waals surface area contributed by atoms with E-state index in [-0.39, 0.29) is 24.1 Å². The standard InChI is InChI=1S/C21H26F3N5O3/c22-21(23,24)15-3-1-2-14(8-15)20(31)25-9-18(30)27-16-10-29(11-16)17-6-4-13(5-7-17)19-26-12-32-28-19/h1-3,8,13,16-17H,4-7,9-12H2,(H,25,31)(H,26,28)(H,27,30). The van der Waals surface area contributed by atoms with Crippen molar-refractivity contribution in [1.82, 2.24) is 21.0 Å². The van der Waals surface area contributed by atoms with Gasteiger partial charge in [-0.1, -0.05) is 6.07 Å². The van der Waals surface area contributed by atoms with Crippen LogP contribution in [0.4, 0.5) is 13.2 Å². The van der Waals surface area contributed by atoms with Gasteiger partial charge in [-0.25, -0.2) is 4.99 Å². The van der Waals surface area contributed by atoms with E-state index in [1.165, 1.54) is 12.1 Å². The molecule has 1 aromatic carbocycles. The van der Waals surface area contributed by atoms with Crippen molar-refractivity contribution >= 4 is 17.6 Å². The lowest BCUT2D eigenvalue weighted by molar-refractivity contribution is -0.137. The Balaban J connectivity index is 1.15. The Morgan fingerprint density at radius 1 is 1.19 bits per heavy atom. The van der Waals surface area contributed by atoms with Crippen molar-refractivity contribution in [3.05, 3.63) is 35.4 Å². The SMILES string of the molecule is O=C(CNC(=O)c1cccc(C(F)(F)F)c1)NC1CN(C2CCC(C3=NCON3)CC2)C1. The topological polar surface area (TPSA) is 95.1 Å². The number of amidine groups is 1. The van der Waals surface area contributed by atoms with Crippen molar-refractivity contribution in [1.29, 1.82) is 0 Å². The zero-order valence-corrected chi connectivity index (χ0v) is 17.5. The van der Waals surface area contributed by atoms with Crippen molar-refractivity contribution in [2.45, 2.75) is 43.9 Å². The highest BCUT2D eigenvalue weighted by atomic mass is 19.4. The first-order valence-electron chi connectivity index (χ1n) is 10.7. The van der Waals surface area contributed by atoms with E-state index < -0.39 is 17.6 Å². The molecule has 2 heterocycles. The van der Waals surface area contributed by atoms with Crippen LogP contribution in [0.15, 0.2) is 29.3 Å². The summed E-state index contributed by atoms with van der Waals surface area (Å²) >= 11 is 0. The molecule has 174 valence electrons. The maximum atomic E-state index is 12.8. The highest BCUT2D eigenvalue weighted by Crippen LogP contribution is 2.31. The molecule has 1 saturated carbocycles. The summed E-state index contributed by atoms with van der Waals surface area (Å²) in [7, 11) is 0. The Morgan fingerprint density at radius 3 is 2.59 bits per heavy atom. The number of hydrogen-bond acceptors (Lipinski definition) is 6. The van der Waals surface area contributed by atoms with E-state index in [1.807, 2.05) is 0 Å². The van der Waals surface area contributed by atoms with Crippen LogP contribution >= 0.6 is 0 Å². The fourth-order valence-electron chi connectivity index (χ4n) is 4.45. The van der Waals surface area contributed by atoms with E-state index in [2.05, 4.69) is 26.0 Å². The van der Waals surface area contributed by atoms with Gasteiger partial charge in [-0.2, -0.15) is 13.2 Å². The number of hydroxylamine groups is 1. The van der Waals surface area contributed by atoms with Gasteiger partial charge in [0.2, 0.25) is 5.91 Å². The number of carbonyl (C=O) groups excluding carboxylic acids is 2. The molecule has 2 fully saturated rings. The van der Waals surface area contributed by atoms with E-state index in [1.54, 1.807) is 0 Å². The molecule has 3 N–H and O–H groups in total. The number of halogens is 3. The van der Waals surface area contributed by atoms with Gasteiger partial charge < -0.3 is 10.6 Å². The summed E-state index contributed by atoms with van der Waals surface area (Å²) in [5.74, 6) is 0.296. The molecule has 8 nitrogen and oxygen atoms in total. The summed E-state index contributed by atoms with van der Waals surface area (Å²) < 4.78 is 38.3. The number of nitrogens with zero attached hydrogens (tertiary/aromatic N) is 2. The largest absolute Gasteiger partial charge is 0.416 e. The first kappa shape index (κ1) is 22.5. The summed E-state index contributed by atoms with van der Waals surface area (Å²) in [5.41, 5.74) is 1.84. The second-order valence-electron chi connectivity index (χ2n) is 8.40. The molecule has 3 aliphatic rings. The molecule has 0 radical (unpaired) electrons. The van der Waals surface area contributed by atoms with Gasteiger partial charge >= 0.3 is 6.18 Å². The number of rotatable bonds is 6. The Hall–Kier alpha value is -2.66. The molecule has 0 aromatic heterocycles. The molecule has 2 aliphatic heterocycles. The van der Waals surface area contributed by atoms with Crippen LogP contribution in [0.3, 0.4) is 0 Å². The van der Waals surface area contributed by atoms with Gasteiger partial charge in [0.25, 0.3) is 5.91 Å². The molecule has 2 amide bonds. The van der Waals surface area contributed by atoms with Crippen LogP contribution in [-0.4, -0.2) is 61.0 Å². The monoisotopic (exact) mass is 453 g/mol. The van der Waals surface area contributed by atoms with Crippen LogP contribution in [-0.2, 0) is 15.8 Å². The number of benzene rings is 1. The highest BCUT2D eigenvalue weighted by molar-refractivity contribution is 5.96. The van der Waals surface area contributed by atoms with Gasteiger partial charge in [-0.15, -0.1) is 0 Å². The third-order valence-electron chi connectivity index (χ3n) is 6.21. The molecular weight excluding hydrogens is 427 g/mol. The number of aliphatic imine (C=N–C) groups is 1. The van der Waals surface area contributed by atoms with Gasteiger partial charge in [0.05, 0.1) is 18.2 Å². The van der Waals surface area contributed by atoms with Crippen LogP contribution < -0.4 is 16.1 Å². The average molecular weight is 453 g/mol. The molecule has 32 heavy (non-hydrogen) atoms. The van der Waals surface area contributed by atoms with Crippen molar-refractivity contribution in [3.8, 4) is 0 Å². The Bertz CT molecular complexity index is 878. The fourth-order valence-corrected chi connectivity index (χ4v) is 4.45. The molecule has 0 spiro atoms. The number of amides is 2. The van der Waals surface area contributed by atoms with Gasteiger partial charge in [-0.05, 0) is 43.9 Å². The minimum Gasteiger partial charge on any atom is -0.349 e. The summed E-state index contributed by atoms with van der Waals surface area (Å²) in [6, 6.07) is 4.62. The van der Waals surface area contributed by atoms with Crippen LogP contribution in [0.2, 0.25) is 0 Å².